The lowest BCUT2D eigenvalue weighted by atomic mass is 10.0. The number of rotatable bonds is 2. The Morgan fingerprint density at radius 2 is 2.16 bits per heavy atom. The SMILES string of the molecule is Cc1nn(C)c(C)c1CC(=O)N1CCc2[nH]c3ccc(Cl)cc3c2C1. The molecular formula is C19H21ClN4O. The van der Waals surface area contributed by atoms with Gasteiger partial charge in [-0.3, -0.25) is 9.48 Å². The predicted molar refractivity (Wildman–Crippen MR) is 98.8 cm³/mol. The van der Waals surface area contributed by atoms with Crippen molar-refractivity contribution in [2.24, 2.45) is 7.05 Å². The molecule has 130 valence electrons. The molecule has 0 unspecified atom stereocenters. The summed E-state index contributed by atoms with van der Waals surface area (Å²) in [6, 6.07) is 5.88. The summed E-state index contributed by atoms with van der Waals surface area (Å²) in [6.45, 7) is 5.35. The maximum Gasteiger partial charge on any atom is 0.227 e. The van der Waals surface area contributed by atoms with Crippen molar-refractivity contribution in [2.75, 3.05) is 6.54 Å². The molecule has 1 aliphatic heterocycles. The first-order valence-corrected chi connectivity index (χ1v) is 8.87. The van der Waals surface area contributed by atoms with Crippen molar-refractivity contribution in [3.05, 3.63) is 51.4 Å². The molecule has 1 N–H and O–H groups in total. The van der Waals surface area contributed by atoms with Crippen LogP contribution in [0.25, 0.3) is 10.9 Å². The van der Waals surface area contributed by atoms with Gasteiger partial charge in [0.15, 0.2) is 0 Å². The van der Waals surface area contributed by atoms with E-state index in [0.717, 1.165) is 45.8 Å². The number of benzene rings is 1. The zero-order valence-electron chi connectivity index (χ0n) is 14.7. The lowest BCUT2D eigenvalue weighted by Crippen LogP contribution is -2.36. The molecule has 0 saturated heterocycles. The normalized spacial score (nSPS) is 14.2. The third-order valence-corrected chi connectivity index (χ3v) is 5.51. The highest BCUT2D eigenvalue weighted by Crippen LogP contribution is 2.30. The Morgan fingerprint density at radius 3 is 2.88 bits per heavy atom. The molecule has 0 aliphatic carbocycles. The third-order valence-electron chi connectivity index (χ3n) is 5.28. The lowest BCUT2D eigenvalue weighted by Gasteiger charge is -2.27. The molecule has 25 heavy (non-hydrogen) atoms. The number of nitrogens with one attached hydrogen (secondary N) is 1. The number of carbonyl (C=O) groups excluding carboxylic acids is 1. The highest BCUT2D eigenvalue weighted by atomic mass is 35.5. The summed E-state index contributed by atoms with van der Waals surface area (Å²) in [6.07, 6.45) is 1.25. The molecule has 1 amide bonds. The Labute approximate surface area is 151 Å². The zero-order valence-corrected chi connectivity index (χ0v) is 15.4. The second-order valence-electron chi connectivity index (χ2n) is 6.79. The van der Waals surface area contributed by atoms with Crippen LogP contribution in [-0.4, -0.2) is 32.1 Å². The highest BCUT2D eigenvalue weighted by Gasteiger charge is 2.25. The maximum absolute atomic E-state index is 12.9. The number of fused-ring (bicyclic) bond motifs is 3. The molecule has 0 bridgehead atoms. The van der Waals surface area contributed by atoms with Crippen molar-refractivity contribution in [2.45, 2.75) is 33.2 Å². The zero-order chi connectivity index (χ0) is 17.7. The van der Waals surface area contributed by atoms with Crippen molar-refractivity contribution < 1.29 is 4.79 Å². The number of amides is 1. The van der Waals surface area contributed by atoms with E-state index in [2.05, 4.69) is 10.1 Å². The predicted octanol–water partition coefficient (Wildman–Crippen LogP) is 3.30. The second kappa shape index (κ2) is 5.92. The number of carbonyl (C=O) groups is 1. The van der Waals surface area contributed by atoms with Gasteiger partial charge in [-0.05, 0) is 32.0 Å². The second-order valence-corrected chi connectivity index (χ2v) is 7.22. The van der Waals surface area contributed by atoms with Gasteiger partial charge < -0.3 is 9.88 Å². The van der Waals surface area contributed by atoms with Crippen molar-refractivity contribution in [1.29, 1.82) is 0 Å². The maximum atomic E-state index is 12.9. The van der Waals surface area contributed by atoms with Crippen LogP contribution >= 0.6 is 11.6 Å². The van der Waals surface area contributed by atoms with Gasteiger partial charge in [0.05, 0.1) is 12.1 Å². The minimum atomic E-state index is 0.154. The molecule has 2 aromatic heterocycles. The van der Waals surface area contributed by atoms with Crippen LogP contribution in [0.1, 0.15) is 28.2 Å². The van der Waals surface area contributed by atoms with E-state index in [0.29, 0.717) is 13.0 Å². The Bertz CT molecular complexity index is 985. The van der Waals surface area contributed by atoms with Gasteiger partial charge in [-0.1, -0.05) is 11.6 Å². The molecule has 0 atom stereocenters. The molecule has 6 heteroatoms. The molecule has 0 spiro atoms. The number of aromatic amines is 1. The standard InChI is InChI=1S/C19H21ClN4O/c1-11-14(12(2)23(3)22-11)9-19(25)24-7-6-18-16(10-24)15-8-13(20)4-5-17(15)21-18/h4-5,8,21H,6-7,9-10H2,1-3H3. The van der Waals surface area contributed by atoms with E-state index in [9.17, 15) is 4.79 Å². The lowest BCUT2D eigenvalue weighted by molar-refractivity contribution is -0.131. The molecule has 0 fully saturated rings. The molecule has 3 aromatic rings. The van der Waals surface area contributed by atoms with Crippen LogP contribution in [0.5, 0.6) is 0 Å². The van der Waals surface area contributed by atoms with E-state index < -0.39 is 0 Å². The number of aryl methyl sites for hydroxylation is 2. The van der Waals surface area contributed by atoms with Gasteiger partial charge in [-0.15, -0.1) is 0 Å². The number of aromatic nitrogens is 3. The number of hydrogen-bond donors (Lipinski definition) is 1. The summed E-state index contributed by atoms with van der Waals surface area (Å²) in [5.41, 5.74) is 6.53. The topological polar surface area (TPSA) is 53.9 Å². The number of nitrogens with zero attached hydrogens (tertiary/aromatic N) is 3. The molecule has 1 aliphatic rings. The molecule has 1 aromatic carbocycles. The molecule has 0 radical (unpaired) electrons. The average Bonchev–Trinajstić information content (AvgIpc) is 3.06. The third kappa shape index (κ3) is 2.72. The Kier molecular flexibility index (Phi) is 3.84. The average molecular weight is 357 g/mol. The van der Waals surface area contributed by atoms with E-state index in [1.807, 2.05) is 48.7 Å². The summed E-state index contributed by atoms with van der Waals surface area (Å²) in [7, 11) is 1.92. The molecule has 5 nitrogen and oxygen atoms in total. The fourth-order valence-electron chi connectivity index (χ4n) is 3.74. The first-order valence-electron chi connectivity index (χ1n) is 8.50. The van der Waals surface area contributed by atoms with Gasteiger partial charge in [0.1, 0.15) is 0 Å². The Hall–Kier alpha value is -2.27. The Morgan fingerprint density at radius 1 is 1.36 bits per heavy atom. The Balaban J connectivity index is 1.60. The summed E-state index contributed by atoms with van der Waals surface area (Å²) < 4.78 is 1.84. The minimum Gasteiger partial charge on any atom is -0.358 e. The van der Waals surface area contributed by atoms with Gasteiger partial charge in [0.25, 0.3) is 0 Å². The largest absolute Gasteiger partial charge is 0.358 e. The van der Waals surface area contributed by atoms with Crippen LogP contribution in [0, 0.1) is 13.8 Å². The summed E-state index contributed by atoms with van der Waals surface area (Å²) in [5.74, 6) is 0.154. The van der Waals surface area contributed by atoms with E-state index in [1.54, 1.807) is 0 Å². The van der Waals surface area contributed by atoms with Gasteiger partial charge in [0, 0.05) is 65.0 Å². The van der Waals surface area contributed by atoms with Crippen LogP contribution < -0.4 is 0 Å². The monoisotopic (exact) mass is 356 g/mol. The van der Waals surface area contributed by atoms with Crippen LogP contribution in [-0.2, 0) is 31.2 Å². The number of halogens is 1. The number of hydrogen-bond acceptors (Lipinski definition) is 2. The van der Waals surface area contributed by atoms with E-state index >= 15 is 0 Å². The summed E-state index contributed by atoms with van der Waals surface area (Å²) >= 11 is 6.16. The van der Waals surface area contributed by atoms with Gasteiger partial charge in [0.2, 0.25) is 5.91 Å². The molecule has 4 rings (SSSR count). The molecule has 0 saturated carbocycles. The first kappa shape index (κ1) is 16.2. The fourth-order valence-corrected chi connectivity index (χ4v) is 3.91. The summed E-state index contributed by atoms with van der Waals surface area (Å²) in [5, 5.41) is 6.25. The van der Waals surface area contributed by atoms with E-state index in [-0.39, 0.29) is 5.91 Å². The van der Waals surface area contributed by atoms with Crippen LogP contribution in [0.15, 0.2) is 18.2 Å². The fraction of sp³-hybridized carbons (Fsp3) is 0.368. The van der Waals surface area contributed by atoms with Crippen LogP contribution in [0.4, 0.5) is 0 Å². The first-order chi connectivity index (χ1) is 11.9. The van der Waals surface area contributed by atoms with Gasteiger partial charge in [-0.2, -0.15) is 5.10 Å². The molecule has 3 heterocycles. The van der Waals surface area contributed by atoms with Crippen LogP contribution in [0.2, 0.25) is 5.02 Å². The van der Waals surface area contributed by atoms with E-state index in [1.165, 1.54) is 11.3 Å². The van der Waals surface area contributed by atoms with Gasteiger partial charge in [-0.25, -0.2) is 0 Å². The molecular weight excluding hydrogens is 336 g/mol. The quantitative estimate of drug-likeness (QED) is 0.766. The number of H-pyrrole nitrogens is 1. The van der Waals surface area contributed by atoms with Gasteiger partial charge >= 0.3 is 0 Å². The van der Waals surface area contributed by atoms with E-state index in [4.69, 9.17) is 11.6 Å². The minimum absolute atomic E-state index is 0.154. The summed E-state index contributed by atoms with van der Waals surface area (Å²) in [4.78, 5) is 18.3. The van der Waals surface area contributed by atoms with Crippen LogP contribution in [0.3, 0.4) is 0 Å². The van der Waals surface area contributed by atoms with Crippen molar-refractivity contribution in [1.82, 2.24) is 19.7 Å². The van der Waals surface area contributed by atoms with Crippen molar-refractivity contribution >= 4 is 28.4 Å². The smallest absolute Gasteiger partial charge is 0.227 e. The van der Waals surface area contributed by atoms with Crippen molar-refractivity contribution in [3.8, 4) is 0 Å². The highest BCUT2D eigenvalue weighted by molar-refractivity contribution is 6.31. The van der Waals surface area contributed by atoms with Crippen molar-refractivity contribution in [3.63, 3.8) is 0 Å².